The average molecular weight is 281 g/mol. The number of nitrogens with zero attached hydrogens (tertiary/aromatic N) is 1. The molecule has 0 aliphatic carbocycles. The smallest absolute Gasteiger partial charge is 0.335 e. The SMILES string of the molecule is CC(C)c1ccc2onc(-c3ccc(C(=O)O)cc3)c2c1. The van der Waals surface area contributed by atoms with Gasteiger partial charge in [-0.05, 0) is 35.7 Å². The van der Waals surface area contributed by atoms with Gasteiger partial charge in [-0.2, -0.15) is 0 Å². The predicted octanol–water partition coefficient (Wildman–Crippen LogP) is 4.32. The van der Waals surface area contributed by atoms with Crippen LogP contribution in [0.5, 0.6) is 0 Å². The maximum Gasteiger partial charge on any atom is 0.335 e. The second-order valence-corrected chi connectivity index (χ2v) is 5.32. The minimum atomic E-state index is -0.936. The molecule has 0 unspecified atom stereocenters. The van der Waals surface area contributed by atoms with Crippen LogP contribution in [0.3, 0.4) is 0 Å². The van der Waals surface area contributed by atoms with E-state index in [4.69, 9.17) is 9.63 Å². The van der Waals surface area contributed by atoms with Gasteiger partial charge in [-0.3, -0.25) is 0 Å². The Morgan fingerprint density at radius 1 is 1.14 bits per heavy atom. The quantitative estimate of drug-likeness (QED) is 0.776. The number of benzene rings is 2. The molecule has 1 heterocycles. The molecule has 0 aliphatic heterocycles. The van der Waals surface area contributed by atoms with Crippen LogP contribution in [0.4, 0.5) is 0 Å². The van der Waals surface area contributed by atoms with Crippen LogP contribution < -0.4 is 0 Å². The minimum Gasteiger partial charge on any atom is -0.478 e. The topological polar surface area (TPSA) is 63.3 Å². The fourth-order valence-electron chi connectivity index (χ4n) is 2.29. The van der Waals surface area contributed by atoms with Crippen LogP contribution in [0.1, 0.15) is 35.7 Å². The lowest BCUT2D eigenvalue weighted by atomic mass is 9.99. The van der Waals surface area contributed by atoms with E-state index in [1.807, 2.05) is 12.1 Å². The Labute approximate surface area is 122 Å². The fourth-order valence-corrected chi connectivity index (χ4v) is 2.29. The maximum atomic E-state index is 10.9. The zero-order chi connectivity index (χ0) is 15.0. The molecule has 4 heteroatoms. The summed E-state index contributed by atoms with van der Waals surface area (Å²) < 4.78 is 5.35. The Bertz CT molecular complexity index is 801. The molecule has 0 atom stereocenters. The van der Waals surface area contributed by atoms with Gasteiger partial charge >= 0.3 is 5.97 Å². The summed E-state index contributed by atoms with van der Waals surface area (Å²) in [6.07, 6.45) is 0. The molecule has 0 amide bonds. The highest BCUT2D eigenvalue weighted by Gasteiger charge is 2.12. The third-order valence-electron chi connectivity index (χ3n) is 3.57. The van der Waals surface area contributed by atoms with Crippen molar-refractivity contribution in [3.63, 3.8) is 0 Å². The van der Waals surface area contributed by atoms with Gasteiger partial charge < -0.3 is 9.63 Å². The molecule has 106 valence electrons. The number of fused-ring (bicyclic) bond motifs is 1. The lowest BCUT2D eigenvalue weighted by Gasteiger charge is -2.04. The molecule has 1 N–H and O–H groups in total. The van der Waals surface area contributed by atoms with E-state index in [9.17, 15) is 4.79 Å². The van der Waals surface area contributed by atoms with Crippen LogP contribution in [0.2, 0.25) is 0 Å². The second kappa shape index (κ2) is 5.05. The molecule has 0 bridgehead atoms. The highest BCUT2D eigenvalue weighted by atomic mass is 16.5. The molecule has 0 saturated heterocycles. The van der Waals surface area contributed by atoms with Crippen LogP contribution >= 0.6 is 0 Å². The Morgan fingerprint density at radius 3 is 2.48 bits per heavy atom. The summed E-state index contributed by atoms with van der Waals surface area (Å²) in [4.78, 5) is 10.9. The number of carboxylic acid groups (broad SMARTS) is 1. The standard InChI is InChI=1S/C17H15NO3/c1-10(2)13-7-8-15-14(9-13)16(18-21-15)11-3-5-12(6-4-11)17(19)20/h3-10H,1-2H3,(H,19,20). The Balaban J connectivity index is 2.11. The number of hydrogen-bond donors (Lipinski definition) is 1. The zero-order valence-corrected chi connectivity index (χ0v) is 11.8. The highest BCUT2D eigenvalue weighted by Crippen LogP contribution is 2.30. The molecule has 0 aliphatic rings. The maximum absolute atomic E-state index is 10.9. The Hall–Kier alpha value is -2.62. The molecule has 0 radical (unpaired) electrons. The van der Waals surface area contributed by atoms with Gasteiger partial charge in [-0.1, -0.05) is 37.2 Å². The van der Waals surface area contributed by atoms with Crippen molar-refractivity contribution in [1.82, 2.24) is 5.16 Å². The van der Waals surface area contributed by atoms with Crippen LogP contribution in [0, 0.1) is 0 Å². The number of carbonyl (C=O) groups is 1. The molecule has 0 spiro atoms. The normalized spacial score (nSPS) is 11.2. The van der Waals surface area contributed by atoms with Crippen LogP contribution in [0.15, 0.2) is 47.0 Å². The van der Waals surface area contributed by atoms with E-state index in [2.05, 4.69) is 25.1 Å². The summed E-state index contributed by atoms with van der Waals surface area (Å²) in [5.41, 5.74) is 3.80. The van der Waals surface area contributed by atoms with Crippen molar-refractivity contribution in [2.24, 2.45) is 0 Å². The first-order chi connectivity index (χ1) is 10.1. The van der Waals surface area contributed by atoms with Gasteiger partial charge in [-0.25, -0.2) is 4.79 Å². The zero-order valence-electron chi connectivity index (χ0n) is 11.8. The molecule has 0 fully saturated rings. The van der Waals surface area contributed by atoms with E-state index in [-0.39, 0.29) is 5.56 Å². The van der Waals surface area contributed by atoms with Crippen molar-refractivity contribution in [2.75, 3.05) is 0 Å². The molecular weight excluding hydrogens is 266 g/mol. The summed E-state index contributed by atoms with van der Waals surface area (Å²) in [6.45, 7) is 4.27. The molecule has 1 aromatic heterocycles. The highest BCUT2D eigenvalue weighted by molar-refractivity contribution is 5.93. The van der Waals surface area contributed by atoms with Gasteiger partial charge in [0.25, 0.3) is 0 Å². The van der Waals surface area contributed by atoms with Crippen molar-refractivity contribution in [3.05, 3.63) is 53.6 Å². The number of carboxylic acids is 1. The fraction of sp³-hybridized carbons (Fsp3) is 0.176. The van der Waals surface area contributed by atoms with E-state index in [1.54, 1.807) is 24.3 Å². The summed E-state index contributed by atoms with van der Waals surface area (Å²) >= 11 is 0. The van der Waals surface area contributed by atoms with Crippen molar-refractivity contribution in [2.45, 2.75) is 19.8 Å². The summed E-state index contributed by atoms with van der Waals surface area (Å²) in [7, 11) is 0. The van der Waals surface area contributed by atoms with Gasteiger partial charge in [0.1, 0.15) is 5.69 Å². The second-order valence-electron chi connectivity index (χ2n) is 5.32. The molecule has 2 aromatic carbocycles. The first kappa shape index (κ1) is 13.4. The van der Waals surface area contributed by atoms with Gasteiger partial charge in [0.05, 0.1) is 5.56 Å². The molecular formula is C17H15NO3. The summed E-state index contributed by atoms with van der Waals surface area (Å²) in [5.74, 6) is -0.514. The number of aromatic nitrogens is 1. The van der Waals surface area contributed by atoms with Crippen LogP contribution in [0.25, 0.3) is 22.2 Å². The molecule has 4 nitrogen and oxygen atoms in total. The van der Waals surface area contributed by atoms with E-state index >= 15 is 0 Å². The van der Waals surface area contributed by atoms with Crippen LogP contribution in [-0.2, 0) is 0 Å². The number of aromatic carboxylic acids is 1. The van der Waals surface area contributed by atoms with E-state index < -0.39 is 5.97 Å². The van der Waals surface area contributed by atoms with E-state index in [0.29, 0.717) is 5.92 Å². The lowest BCUT2D eigenvalue weighted by Crippen LogP contribution is -1.95. The third-order valence-corrected chi connectivity index (χ3v) is 3.57. The molecule has 3 aromatic rings. The monoisotopic (exact) mass is 281 g/mol. The van der Waals surface area contributed by atoms with E-state index in [1.165, 1.54) is 5.56 Å². The van der Waals surface area contributed by atoms with E-state index in [0.717, 1.165) is 22.2 Å². The van der Waals surface area contributed by atoms with Crippen molar-refractivity contribution < 1.29 is 14.4 Å². The molecule has 0 saturated carbocycles. The van der Waals surface area contributed by atoms with Gasteiger partial charge in [0, 0.05) is 10.9 Å². The van der Waals surface area contributed by atoms with Gasteiger partial charge in [0.2, 0.25) is 0 Å². The summed E-state index contributed by atoms with van der Waals surface area (Å²) in [6, 6.07) is 12.7. The Kier molecular flexibility index (Phi) is 3.22. The van der Waals surface area contributed by atoms with Gasteiger partial charge in [0.15, 0.2) is 5.58 Å². The molecule has 21 heavy (non-hydrogen) atoms. The number of hydrogen-bond acceptors (Lipinski definition) is 3. The van der Waals surface area contributed by atoms with Crippen LogP contribution in [-0.4, -0.2) is 16.2 Å². The predicted molar refractivity (Wildman–Crippen MR) is 80.5 cm³/mol. The van der Waals surface area contributed by atoms with Crippen molar-refractivity contribution in [3.8, 4) is 11.3 Å². The van der Waals surface area contributed by atoms with Gasteiger partial charge in [-0.15, -0.1) is 0 Å². The average Bonchev–Trinajstić information content (AvgIpc) is 2.90. The minimum absolute atomic E-state index is 0.259. The first-order valence-electron chi connectivity index (χ1n) is 6.79. The lowest BCUT2D eigenvalue weighted by molar-refractivity contribution is 0.0697. The molecule has 3 rings (SSSR count). The third kappa shape index (κ3) is 2.40. The van der Waals surface area contributed by atoms with Crippen molar-refractivity contribution in [1.29, 1.82) is 0 Å². The Morgan fingerprint density at radius 2 is 1.86 bits per heavy atom. The summed E-state index contributed by atoms with van der Waals surface area (Å²) in [5, 5.41) is 14.0. The number of rotatable bonds is 3. The van der Waals surface area contributed by atoms with Crippen molar-refractivity contribution >= 4 is 16.9 Å². The first-order valence-corrected chi connectivity index (χ1v) is 6.79. The largest absolute Gasteiger partial charge is 0.478 e.